The van der Waals surface area contributed by atoms with Crippen LogP contribution in [0, 0.1) is 13.8 Å². The number of anilines is 1. The third-order valence-electron chi connectivity index (χ3n) is 5.60. The quantitative estimate of drug-likeness (QED) is 0.587. The Morgan fingerprint density at radius 1 is 1.03 bits per heavy atom. The zero-order valence-corrected chi connectivity index (χ0v) is 17.6. The lowest BCUT2D eigenvalue weighted by Crippen LogP contribution is -2.50. The summed E-state index contributed by atoms with van der Waals surface area (Å²) in [4.78, 5) is 28.8. The first-order chi connectivity index (χ1) is 15.0. The summed E-state index contributed by atoms with van der Waals surface area (Å²) in [6.45, 7) is 6.66. The third-order valence-corrected chi connectivity index (χ3v) is 5.60. The number of rotatable bonds is 5. The van der Waals surface area contributed by atoms with Gasteiger partial charge in [0.15, 0.2) is 6.61 Å². The number of aromatic nitrogens is 2. The molecule has 0 unspecified atom stereocenters. The molecule has 0 atom stereocenters. The Hall–Kier alpha value is -3.68. The van der Waals surface area contributed by atoms with E-state index < -0.39 is 5.97 Å². The van der Waals surface area contributed by atoms with Gasteiger partial charge in [-0.25, -0.2) is 4.79 Å². The molecule has 2 heterocycles. The number of ether oxygens (including phenoxy) is 1. The highest BCUT2D eigenvalue weighted by Gasteiger charge is 2.23. The second-order valence-corrected chi connectivity index (χ2v) is 7.48. The van der Waals surface area contributed by atoms with Crippen molar-refractivity contribution < 1.29 is 18.7 Å². The standard InChI is InChI=1S/C23H24N4O4/c1-16-4-3-5-20(17(16)2)26-10-12-27(13-11-26)21(28)14-30-23(29)19-8-6-18(7-9-19)22-25-24-15-31-22/h3-9,15H,10-14H2,1-2H3. The van der Waals surface area contributed by atoms with Crippen molar-refractivity contribution >= 4 is 17.6 Å². The van der Waals surface area contributed by atoms with E-state index in [1.165, 1.54) is 23.2 Å². The van der Waals surface area contributed by atoms with Gasteiger partial charge in [0.2, 0.25) is 12.3 Å². The summed E-state index contributed by atoms with van der Waals surface area (Å²) in [5.41, 5.74) is 4.79. The number of piperazine rings is 1. The van der Waals surface area contributed by atoms with Crippen molar-refractivity contribution in [2.24, 2.45) is 0 Å². The second kappa shape index (κ2) is 8.99. The number of benzene rings is 2. The molecule has 8 nitrogen and oxygen atoms in total. The number of hydrogen-bond acceptors (Lipinski definition) is 7. The van der Waals surface area contributed by atoms with E-state index in [-0.39, 0.29) is 12.5 Å². The predicted octanol–water partition coefficient (Wildman–Crippen LogP) is 2.86. The molecule has 1 amide bonds. The van der Waals surface area contributed by atoms with Crippen molar-refractivity contribution in [2.45, 2.75) is 13.8 Å². The zero-order valence-electron chi connectivity index (χ0n) is 17.6. The Kier molecular flexibility index (Phi) is 5.97. The van der Waals surface area contributed by atoms with Gasteiger partial charge < -0.3 is 19.0 Å². The lowest BCUT2D eigenvalue weighted by molar-refractivity contribution is -0.134. The van der Waals surface area contributed by atoms with E-state index in [2.05, 4.69) is 47.1 Å². The molecular weight excluding hydrogens is 396 g/mol. The van der Waals surface area contributed by atoms with Crippen LogP contribution in [-0.2, 0) is 9.53 Å². The molecule has 1 aromatic heterocycles. The van der Waals surface area contributed by atoms with Gasteiger partial charge in [0.1, 0.15) is 0 Å². The van der Waals surface area contributed by atoms with Crippen molar-refractivity contribution in [3.05, 3.63) is 65.5 Å². The van der Waals surface area contributed by atoms with Gasteiger partial charge in [0, 0.05) is 37.4 Å². The number of aryl methyl sites for hydroxylation is 1. The molecule has 1 saturated heterocycles. The van der Waals surface area contributed by atoms with Crippen molar-refractivity contribution in [3.63, 3.8) is 0 Å². The van der Waals surface area contributed by atoms with Crippen LogP contribution >= 0.6 is 0 Å². The minimum absolute atomic E-state index is 0.184. The molecule has 3 aromatic rings. The molecule has 0 radical (unpaired) electrons. The minimum atomic E-state index is -0.542. The molecule has 0 bridgehead atoms. The minimum Gasteiger partial charge on any atom is -0.452 e. The third kappa shape index (κ3) is 4.58. The van der Waals surface area contributed by atoms with E-state index in [1.807, 2.05) is 0 Å². The van der Waals surface area contributed by atoms with Crippen LogP contribution < -0.4 is 4.90 Å². The van der Waals surface area contributed by atoms with Gasteiger partial charge in [-0.1, -0.05) is 12.1 Å². The fraction of sp³-hybridized carbons (Fsp3) is 0.304. The molecular formula is C23H24N4O4. The molecule has 1 fully saturated rings. The van der Waals surface area contributed by atoms with E-state index in [9.17, 15) is 9.59 Å². The maximum absolute atomic E-state index is 12.5. The molecule has 0 aliphatic carbocycles. The Bertz CT molecular complexity index is 1060. The number of amides is 1. The van der Waals surface area contributed by atoms with Crippen LogP contribution in [0.3, 0.4) is 0 Å². The van der Waals surface area contributed by atoms with E-state index in [1.54, 1.807) is 29.2 Å². The van der Waals surface area contributed by atoms with E-state index in [0.717, 1.165) is 13.1 Å². The van der Waals surface area contributed by atoms with Crippen molar-refractivity contribution in [1.82, 2.24) is 15.1 Å². The van der Waals surface area contributed by atoms with Crippen molar-refractivity contribution in [2.75, 3.05) is 37.7 Å². The number of carbonyl (C=O) groups excluding carboxylic acids is 2. The monoisotopic (exact) mass is 420 g/mol. The summed E-state index contributed by atoms with van der Waals surface area (Å²) >= 11 is 0. The molecule has 2 aromatic carbocycles. The maximum atomic E-state index is 12.5. The van der Waals surface area contributed by atoms with E-state index in [4.69, 9.17) is 9.15 Å². The largest absolute Gasteiger partial charge is 0.452 e. The fourth-order valence-electron chi connectivity index (χ4n) is 3.62. The van der Waals surface area contributed by atoms with Crippen LogP contribution in [0.5, 0.6) is 0 Å². The Balaban J connectivity index is 1.27. The summed E-state index contributed by atoms with van der Waals surface area (Å²) in [7, 11) is 0. The Labute approximate surface area is 180 Å². The molecule has 1 aliphatic rings. The normalized spacial score (nSPS) is 13.9. The number of hydrogen-bond donors (Lipinski definition) is 0. The molecule has 0 spiro atoms. The van der Waals surface area contributed by atoms with Gasteiger partial charge in [-0.3, -0.25) is 4.79 Å². The van der Waals surface area contributed by atoms with Crippen LogP contribution in [-0.4, -0.2) is 59.8 Å². The van der Waals surface area contributed by atoms with Crippen molar-refractivity contribution in [3.8, 4) is 11.5 Å². The maximum Gasteiger partial charge on any atom is 0.338 e. The topological polar surface area (TPSA) is 88.8 Å². The van der Waals surface area contributed by atoms with Gasteiger partial charge in [-0.05, 0) is 55.3 Å². The lowest BCUT2D eigenvalue weighted by Gasteiger charge is -2.37. The summed E-state index contributed by atoms with van der Waals surface area (Å²) in [6.07, 6.45) is 1.24. The molecule has 31 heavy (non-hydrogen) atoms. The first-order valence-electron chi connectivity index (χ1n) is 10.2. The molecule has 1 aliphatic heterocycles. The summed E-state index contributed by atoms with van der Waals surface area (Å²) in [5, 5.41) is 7.45. The van der Waals surface area contributed by atoms with Crippen LogP contribution in [0.25, 0.3) is 11.5 Å². The average molecular weight is 420 g/mol. The van der Waals surface area contributed by atoms with Crippen LogP contribution in [0.4, 0.5) is 5.69 Å². The fourth-order valence-corrected chi connectivity index (χ4v) is 3.62. The summed E-state index contributed by atoms with van der Waals surface area (Å²) in [5.74, 6) is -0.356. The molecule has 160 valence electrons. The highest BCUT2D eigenvalue weighted by molar-refractivity contribution is 5.91. The number of esters is 1. The predicted molar refractivity (Wildman–Crippen MR) is 115 cm³/mol. The molecule has 0 N–H and O–H groups in total. The molecule has 4 rings (SSSR count). The van der Waals surface area contributed by atoms with Crippen LogP contribution in [0.15, 0.2) is 53.3 Å². The Morgan fingerprint density at radius 2 is 1.77 bits per heavy atom. The second-order valence-electron chi connectivity index (χ2n) is 7.48. The van der Waals surface area contributed by atoms with Gasteiger partial charge in [-0.2, -0.15) is 0 Å². The highest BCUT2D eigenvalue weighted by atomic mass is 16.5. The van der Waals surface area contributed by atoms with Gasteiger partial charge >= 0.3 is 5.97 Å². The van der Waals surface area contributed by atoms with Gasteiger partial charge in [0.25, 0.3) is 5.91 Å². The first-order valence-corrected chi connectivity index (χ1v) is 10.2. The van der Waals surface area contributed by atoms with Gasteiger partial charge in [-0.15, -0.1) is 10.2 Å². The highest BCUT2D eigenvalue weighted by Crippen LogP contribution is 2.24. The summed E-state index contributed by atoms with van der Waals surface area (Å²) < 4.78 is 10.3. The zero-order chi connectivity index (χ0) is 21.8. The Morgan fingerprint density at radius 3 is 2.45 bits per heavy atom. The first kappa shape index (κ1) is 20.6. The van der Waals surface area contributed by atoms with Crippen LogP contribution in [0.1, 0.15) is 21.5 Å². The van der Waals surface area contributed by atoms with Crippen LogP contribution in [0.2, 0.25) is 0 Å². The smallest absolute Gasteiger partial charge is 0.338 e. The average Bonchev–Trinajstić information content (AvgIpc) is 3.34. The molecule has 0 saturated carbocycles. The number of carbonyl (C=O) groups is 2. The van der Waals surface area contributed by atoms with Crippen molar-refractivity contribution in [1.29, 1.82) is 0 Å². The number of nitrogens with zero attached hydrogens (tertiary/aromatic N) is 4. The lowest BCUT2D eigenvalue weighted by atomic mass is 10.1. The summed E-state index contributed by atoms with van der Waals surface area (Å²) in [6, 6.07) is 12.9. The molecule has 8 heteroatoms. The SMILES string of the molecule is Cc1cccc(N2CCN(C(=O)COC(=O)c3ccc(-c4nnco4)cc3)CC2)c1C. The van der Waals surface area contributed by atoms with Gasteiger partial charge in [0.05, 0.1) is 5.56 Å². The van der Waals surface area contributed by atoms with E-state index >= 15 is 0 Å². The van der Waals surface area contributed by atoms with E-state index in [0.29, 0.717) is 30.1 Å².